The van der Waals surface area contributed by atoms with Gasteiger partial charge in [0.1, 0.15) is 6.54 Å². The first-order chi connectivity index (χ1) is 8.58. The summed E-state index contributed by atoms with van der Waals surface area (Å²) in [7, 11) is 0. The third kappa shape index (κ3) is 2.53. The van der Waals surface area contributed by atoms with Crippen molar-refractivity contribution in [1.29, 1.82) is 0 Å². The molecule has 0 unspecified atom stereocenters. The van der Waals surface area contributed by atoms with Crippen LogP contribution in [0.4, 0.5) is 11.4 Å². The predicted molar refractivity (Wildman–Crippen MR) is 66.4 cm³/mol. The van der Waals surface area contributed by atoms with Crippen molar-refractivity contribution in [3.63, 3.8) is 0 Å². The number of carbonyl (C=O) groups is 2. The third-order valence-electron chi connectivity index (χ3n) is 2.83. The first-order valence-corrected chi connectivity index (χ1v) is 5.66. The highest BCUT2D eigenvalue weighted by Crippen LogP contribution is 2.29. The molecule has 6 heteroatoms. The number of carboxylic acids is 2. The number of benzene rings is 1. The first kappa shape index (κ1) is 12.2. The standard InChI is InChI=1S/C12H14N2O4/c15-11(16)7-14-5-1-4-13-9-3-2-8(12(17)18)6-10(9)14/h2-3,6,13H,1,4-5,7H2,(H,15,16)(H,17,18). The molecule has 1 aliphatic rings. The van der Waals surface area contributed by atoms with Crippen molar-refractivity contribution in [3.05, 3.63) is 23.8 Å². The fraction of sp³-hybridized carbons (Fsp3) is 0.333. The van der Waals surface area contributed by atoms with Gasteiger partial charge in [-0.05, 0) is 24.6 Å². The van der Waals surface area contributed by atoms with Crippen LogP contribution in [-0.2, 0) is 4.79 Å². The van der Waals surface area contributed by atoms with Gasteiger partial charge in [-0.1, -0.05) is 0 Å². The molecule has 1 aromatic carbocycles. The van der Waals surface area contributed by atoms with Crippen LogP contribution >= 0.6 is 0 Å². The van der Waals surface area contributed by atoms with Crippen LogP contribution in [0.1, 0.15) is 16.8 Å². The maximum absolute atomic E-state index is 10.9. The molecule has 96 valence electrons. The molecule has 0 amide bonds. The van der Waals surface area contributed by atoms with Crippen molar-refractivity contribution in [1.82, 2.24) is 0 Å². The zero-order chi connectivity index (χ0) is 13.1. The van der Waals surface area contributed by atoms with Crippen LogP contribution in [0.3, 0.4) is 0 Å². The number of aromatic carboxylic acids is 1. The van der Waals surface area contributed by atoms with Crippen LogP contribution in [0.5, 0.6) is 0 Å². The fourth-order valence-corrected chi connectivity index (χ4v) is 2.02. The minimum Gasteiger partial charge on any atom is -0.480 e. The Bertz CT molecular complexity index is 487. The van der Waals surface area contributed by atoms with Crippen molar-refractivity contribution >= 4 is 23.3 Å². The molecule has 0 radical (unpaired) electrons. The van der Waals surface area contributed by atoms with Crippen LogP contribution in [0, 0.1) is 0 Å². The Morgan fingerprint density at radius 2 is 2.11 bits per heavy atom. The minimum atomic E-state index is -1.02. The highest BCUT2D eigenvalue weighted by atomic mass is 16.4. The van der Waals surface area contributed by atoms with Crippen molar-refractivity contribution in [2.45, 2.75) is 6.42 Å². The molecule has 1 aliphatic heterocycles. The summed E-state index contributed by atoms with van der Waals surface area (Å²) in [5.74, 6) is -1.94. The molecule has 0 saturated heterocycles. The van der Waals surface area contributed by atoms with E-state index in [-0.39, 0.29) is 12.1 Å². The Hall–Kier alpha value is -2.24. The number of aliphatic carboxylic acids is 1. The van der Waals surface area contributed by atoms with E-state index in [0.29, 0.717) is 12.2 Å². The predicted octanol–water partition coefficient (Wildman–Crippen LogP) is 1.09. The van der Waals surface area contributed by atoms with E-state index in [0.717, 1.165) is 18.7 Å². The van der Waals surface area contributed by atoms with Gasteiger partial charge < -0.3 is 20.4 Å². The Morgan fingerprint density at radius 1 is 1.33 bits per heavy atom. The van der Waals surface area contributed by atoms with Gasteiger partial charge in [0.05, 0.1) is 16.9 Å². The third-order valence-corrected chi connectivity index (χ3v) is 2.83. The average molecular weight is 250 g/mol. The maximum Gasteiger partial charge on any atom is 0.335 e. The van der Waals surface area contributed by atoms with E-state index in [2.05, 4.69) is 5.32 Å². The van der Waals surface area contributed by atoms with E-state index in [1.807, 2.05) is 0 Å². The van der Waals surface area contributed by atoms with Gasteiger partial charge in [0.25, 0.3) is 0 Å². The van der Waals surface area contributed by atoms with Crippen LogP contribution in [0.2, 0.25) is 0 Å². The molecule has 1 aromatic rings. The van der Waals surface area contributed by atoms with Crippen molar-refractivity contribution in [2.75, 3.05) is 29.9 Å². The Labute approximate surface area is 104 Å². The van der Waals surface area contributed by atoms with E-state index in [1.165, 1.54) is 12.1 Å². The number of hydrogen-bond acceptors (Lipinski definition) is 4. The molecule has 0 aliphatic carbocycles. The van der Waals surface area contributed by atoms with Gasteiger partial charge in [-0.15, -0.1) is 0 Å². The normalized spacial score (nSPS) is 14.3. The van der Waals surface area contributed by atoms with E-state index >= 15 is 0 Å². The largest absolute Gasteiger partial charge is 0.480 e. The zero-order valence-electron chi connectivity index (χ0n) is 9.72. The van der Waals surface area contributed by atoms with E-state index in [9.17, 15) is 9.59 Å². The highest BCUT2D eigenvalue weighted by molar-refractivity contribution is 5.91. The van der Waals surface area contributed by atoms with Gasteiger partial charge in [-0.3, -0.25) is 4.79 Å². The molecule has 0 aromatic heterocycles. The Kier molecular flexibility index (Phi) is 3.36. The van der Waals surface area contributed by atoms with Gasteiger partial charge in [0.2, 0.25) is 0 Å². The molecule has 1 heterocycles. The Morgan fingerprint density at radius 3 is 2.78 bits per heavy atom. The van der Waals surface area contributed by atoms with Crippen LogP contribution < -0.4 is 10.2 Å². The summed E-state index contributed by atoms with van der Waals surface area (Å²) < 4.78 is 0. The number of nitrogens with zero attached hydrogens (tertiary/aromatic N) is 1. The molecular weight excluding hydrogens is 236 g/mol. The summed E-state index contributed by atoms with van der Waals surface area (Å²) in [6.07, 6.45) is 0.810. The van der Waals surface area contributed by atoms with Gasteiger partial charge in [-0.2, -0.15) is 0 Å². The van der Waals surface area contributed by atoms with Crippen LogP contribution in [0.25, 0.3) is 0 Å². The van der Waals surface area contributed by atoms with Crippen LogP contribution in [-0.4, -0.2) is 41.8 Å². The molecule has 0 fully saturated rings. The molecule has 0 bridgehead atoms. The summed E-state index contributed by atoms with van der Waals surface area (Å²) in [6, 6.07) is 4.70. The number of fused-ring (bicyclic) bond motifs is 1. The first-order valence-electron chi connectivity index (χ1n) is 5.66. The van der Waals surface area contributed by atoms with Crippen molar-refractivity contribution in [3.8, 4) is 0 Å². The molecule has 0 atom stereocenters. The summed E-state index contributed by atoms with van der Waals surface area (Å²) in [4.78, 5) is 23.5. The lowest BCUT2D eigenvalue weighted by Gasteiger charge is -2.22. The van der Waals surface area contributed by atoms with E-state index in [4.69, 9.17) is 10.2 Å². The molecule has 18 heavy (non-hydrogen) atoms. The van der Waals surface area contributed by atoms with Gasteiger partial charge >= 0.3 is 11.9 Å². The molecular formula is C12H14N2O4. The van der Waals surface area contributed by atoms with Crippen molar-refractivity contribution < 1.29 is 19.8 Å². The zero-order valence-corrected chi connectivity index (χ0v) is 9.72. The SMILES string of the molecule is O=C(O)CN1CCCNc2ccc(C(=O)O)cc21. The average Bonchev–Trinajstić information content (AvgIpc) is 2.50. The lowest BCUT2D eigenvalue weighted by Crippen LogP contribution is -2.30. The second-order valence-corrected chi connectivity index (χ2v) is 4.13. The van der Waals surface area contributed by atoms with Crippen LogP contribution in [0.15, 0.2) is 18.2 Å². The highest BCUT2D eigenvalue weighted by Gasteiger charge is 2.18. The molecule has 3 N–H and O–H groups in total. The maximum atomic E-state index is 10.9. The number of anilines is 2. The minimum absolute atomic E-state index is 0.127. The van der Waals surface area contributed by atoms with E-state index < -0.39 is 11.9 Å². The monoisotopic (exact) mass is 250 g/mol. The second kappa shape index (κ2) is 4.95. The van der Waals surface area contributed by atoms with Gasteiger partial charge in [0.15, 0.2) is 0 Å². The molecule has 0 spiro atoms. The van der Waals surface area contributed by atoms with E-state index in [1.54, 1.807) is 11.0 Å². The topological polar surface area (TPSA) is 89.9 Å². The molecule has 2 rings (SSSR count). The summed E-state index contributed by atoms with van der Waals surface area (Å²) >= 11 is 0. The Balaban J connectivity index is 2.40. The lowest BCUT2D eigenvalue weighted by atomic mass is 10.1. The van der Waals surface area contributed by atoms with Gasteiger partial charge in [0, 0.05) is 13.1 Å². The van der Waals surface area contributed by atoms with Crippen molar-refractivity contribution in [2.24, 2.45) is 0 Å². The summed E-state index contributed by atoms with van der Waals surface area (Å²) in [5, 5.41) is 21.0. The number of hydrogen-bond donors (Lipinski definition) is 3. The summed E-state index contributed by atoms with van der Waals surface area (Å²) in [5.41, 5.74) is 1.57. The molecule has 0 saturated carbocycles. The quantitative estimate of drug-likeness (QED) is 0.744. The number of nitrogens with one attached hydrogen (secondary N) is 1. The van der Waals surface area contributed by atoms with Gasteiger partial charge in [-0.25, -0.2) is 4.79 Å². The smallest absolute Gasteiger partial charge is 0.335 e. The molecule has 6 nitrogen and oxygen atoms in total. The number of carboxylic acid groups (broad SMARTS) is 2. The second-order valence-electron chi connectivity index (χ2n) is 4.13. The lowest BCUT2D eigenvalue weighted by molar-refractivity contribution is -0.135. The fourth-order valence-electron chi connectivity index (χ4n) is 2.02. The summed E-state index contributed by atoms with van der Waals surface area (Å²) in [6.45, 7) is 1.21. The number of rotatable bonds is 3.